The predicted molar refractivity (Wildman–Crippen MR) is 116 cm³/mol. The van der Waals surface area contributed by atoms with E-state index in [1.165, 1.54) is 0 Å². The number of nitrogens with zero attached hydrogens (tertiary/aromatic N) is 1. The Morgan fingerprint density at radius 1 is 1.23 bits per heavy atom. The molecule has 0 radical (unpaired) electrons. The molecule has 1 fully saturated rings. The molecule has 1 heterocycles. The maximum atomic E-state index is 5.76. The third-order valence-corrected chi connectivity index (χ3v) is 4.10. The summed E-state index contributed by atoms with van der Waals surface area (Å²) in [4.78, 5) is 4.21. The monoisotopic (exact) mass is 477 g/mol. The Bertz CT molecular complexity index is 523. The highest BCUT2D eigenvalue weighted by Crippen LogP contribution is 2.15. The Hall–Kier alpha value is -1.06. The average Bonchev–Trinajstić information content (AvgIpc) is 3.14. The maximum Gasteiger partial charge on any atom is 0.191 e. The van der Waals surface area contributed by atoms with Crippen molar-refractivity contribution in [1.82, 2.24) is 10.6 Å². The Labute approximate surface area is 174 Å². The lowest BCUT2D eigenvalue weighted by molar-refractivity contribution is 0.0888. The fourth-order valence-corrected chi connectivity index (χ4v) is 2.62. The van der Waals surface area contributed by atoms with Crippen molar-refractivity contribution in [2.45, 2.75) is 19.8 Å². The number of aliphatic imine (C=N–C) groups is 1. The number of nitrogens with one attached hydrogen (secondary N) is 2. The van der Waals surface area contributed by atoms with Crippen molar-refractivity contribution in [2.75, 3.05) is 53.2 Å². The molecule has 0 bridgehead atoms. The van der Waals surface area contributed by atoms with Crippen molar-refractivity contribution < 1.29 is 14.2 Å². The number of rotatable bonds is 10. The summed E-state index contributed by atoms with van der Waals surface area (Å²) < 4.78 is 16.8. The van der Waals surface area contributed by atoms with Crippen LogP contribution in [0, 0.1) is 12.8 Å². The van der Waals surface area contributed by atoms with E-state index >= 15 is 0 Å². The first kappa shape index (κ1) is 23.0. The van der Waals surface area contributed by atoms with Crippen LogP contribution in [0.4, 0.5) is 0 Å². The van der Waals surface area contributed by atoms with Gasteiger partial charge in [-0.05, 0) is 31.4 Å². The largest absolute Gasteiger partial charge is 0.491 e. The van der Waals surface area contributed by atoms with E-state index in [4.69, 9.17) is 14.2 Å². The summed E-state index contributed by atoms with van der Waals surface area (Å²) in [6.07, 6.45) is 2.08. The van der Waals surface area contributed by atoms with Crippen LogP contribution in [0.1, 0.15) is 18.4 Å². The minimum absolute atomic E-state index is 0. The van der Waals surface area contributed by atoms with Crippen molar-refractivity contribution in [1.29, 1.82) is 0 Å². The van der Waals surface area contributed by atoms with Crippen LogP contribution in [0.15, 0.2) is 29.3 Å². The van der Waals surface area contributed by atoms with Crippen molar-refractivity contribution in [3.05, 3.63) is 29.8 Å². The van der Waals surface area contributed by atoms with Gasteiger partial charge in [0.2, 0.25) is 0 Å². The molecule has 26 heavy (non-hydrogen) atoms. The number of para-hydroxylation sites is 1. The molecule has 1 aromatic carbocycles. The Kier molecular flexibility index (Phi) is 12.4. The minimum atomic E-state index is 0. The molecule has 1 aliphatic rings. The van der Waals surface area contributed by atoms with Gasteiger partial charge in [0.1, 0.15) is 12.4 Å². The summed E-state index contributed by atoms with van der Waals surface area (Å²) in [5.41, 5.74) is 1.15. The highest BCUT2D eigenvalue weighted by molar-refractivity contribution is 14.0. The van der Waals surface area contributed by atoms with E-state index in [1.807, 2.05) is 31.2 Å². The first-order valence-electron chi connectivity index (χ1n) is 9.08. The van der Waals surface area contributed by atoms with Gasteiger partial charge in [0.25, 0.3) is 0 Å². The van der Waals surface area contributed by atoms with Crippen LogP contribution in [0.25, 0.3) is 0 Å². The van der Waals surface area contributed by atoms with E-state index in [2.05, 4.69) is 15.6 Å². The van der Waals surface area contributed by atoms with Gasteiger partial charge in [-0.1, -0.05) is 18.2 Å². The number of hydrogen-bond acceptors (Lipinski definition) is 4. The van der Waals surface area contributed by atoms with Gasteiger partial charge in [-0.2, -0.15) is 0 Å². The highest BCUT2D eigenvalue weighted by atomic mass is 127. The predicted octanol–water partition coefficient (Wildman–Crippen LogP) is 2.60. The van der Waals surface area contributed by atoms with E-state index in [1.54, 1.807) is 7.05 Å². The molecular formula is C19H32IN3O3. The Balaban J connectivity index is 0.00000338. The number of benzene rings is 1. The quantitative estimate of drug-likeness (QED) is 0.235. The molecule has 1 aliphatic heterocycles. The summed E-state index contributed by atoms with van der Waals surface area (Å²) >= 11 is 0. The molecule has 0 aliphatic carbocycles. The molecule has 0 saturated carbocycles. The van der Waals surface area contributed by atoms with Gasteiger partial charge in [0, 0.05) is 32.7 Å². The lowest BCUT2D eigenvalue weighted by atomic mass is 10.1. The smallest absolute Gasteiger partial charge is 0.191 e. The van der Waals surface area contributed by atoms with E-state index in [0.717, 1.165) is 63.1 Å². The molecule has 7 heteroatoms. The van der Waals surface area contributed by atoms with Crippen LogP contribution >= 0.6 is 24.0 Å². The van der Waals surface area contributed by atoms with Crippen LogP contribution in [0.2, 0.25) is 0 Å². The van der Waals surface area contributed by atoms with Gasteiger partial charge >= 0.3 is 0 Å². The first-order chi connectivity index (χ1) is 12.3. The maximum absolute atomic E-state index is 5.76. The summed E-state index contributed by atoms with van der Waals surface area (Å²) in [5, 5.41) is 6.54. The Morgan fingerprint density at radius 3 is 2.77 bits per heavy atom. The van der Waals surface area contributed by atoms with Crippen molar-refractivity contribution in [2.24, 2.45) is 10.9 Å². The number of hydrogen-bond donors (Lipinski definition) is 2. The number of aryl methyl sites for hydroxylation is 1. The van der Waals surface area contributed by atoms with E-state index < -0.39 is 0 Å². The van der Waals surface area contributed by atoms with Crippen LogP contribution in [0.3, 0.4) is 0 Å². The minimum Gasteiger partial charge on any atom is -0.491 e. The molecule has 2 rings (SSSR count). The summed E-state index contributed by atoms with van der Waals surface area (Å²) in [7, 11) is 1.77. The fourth-order valence-electron chi connectivity index (χ4n) is 2.62. The molecule has 0 aromatic heterocycles. The first-order valence-corrected chi connectivity index (χ1v) is 9.08. The number of halogens is 1. The molecule has 1 aromatic rings. The van der Waals surface area contributed by atoms with E-state index in [0.29, 0.717) is 19.1 Å². The molecule has 0 spiro atoms. The zero-order valence-corrected chi connectivity index (χ0v) is 18.2. The lowest BCUT2D eigenvalue weighted by Gasteiger charge is -2.13. The third kappa shape index (κ3) is 9.05. The summed E-state index contributed by atoms with van der Waals surface area (Å²) in [6.45, 7) is 7.47. The molecule has 2 N–H and O–H groups in total. The van der Waals surface area contributed by atoms with Gasteiger partial charge < -0.3 is 24.8 Å². The molecule has 6 nitrogen and oxygen atoms in total. The molecular weight excluding hydrogens is 445 g/mol. The zero-order valence-electron chi connectivity index (χ0n) is 15.8. The van der Waals surface area contributed by atoms with Gasteiger partial charge in [-0.3, -0.25) is 4.99 Å². The van der Waals surface area contributed by atoms with Crippen molar-refractivity contribution >= 4 is 29.9 Å². The fraction of sp³-hybridized carbons (Fsp3) is 0.632. The normalized spacial score (nSPS) is 16.8. The van der Waals surface area contributed by atoms with Gasteiger partial charge in [0.05, 0.1) is 19.8 Å². The van der Waals surface area contributed by atoms with Crippen LogP contribution < -0.4 is 15.4 Å². The summed E-state index contributed by atoms with van der Waals surface area (Å²) in [6, 6.07) is 8.03. The molecule has 1 atom stereocenters. The van der Waals surface area contributed by atoms with Crippen LogP contribution in [-0.2, 0) is 9.47 Å². The SMILES string of the molecule is CN=C(NCCCOCC1CCOC1)NCCOc1ccccc1C.I. The third-order valence-electron chi connectivity index (χ3n) is 4.10. The van der Waals surface area contributed by atoms with Crippen LogP contribution in [-0.4, -0.2) is 59.1 Å². The second-order valence-corrected chi connectivity index (χ2v) is 6.20. The zero-order chi connectivity index (χ0) is 17.7. The number of ether oxygens (including phenoxy) is 3. The lowest BCUT2D eigenvalue weighted by Crippen LogP contribution is -2.40. The van der Waals surface area contributed by atoms with Gasteiger partial charge in [-0.25, -0.2) is 0 Å². The second-order valence-electron chi connectivity index (χ2n) is 6.20. The van der Waals surface area contributed by atoms with Gasteiger partial charge in [0.15, 0.2) is 5.96 Å². The summed E-state index contributed by atoms with van der Waals surface area (Å²) in [5.74, 6) is 2.30. The highest BCUT2D eigenvalue weighted by Gasteiger charge is 2.15. The molecule has 148 valence electrons. The average molecular weight is 477 g/mol. The van der Waals surface area contributed by atoms with Gasteiger partial charge in [-0.15, -0.1) is 24.0 Å². The van der Waals surface area contributed by atoms with Crippen LogP contribution in [0.5, 0.6) is 5.75 Å². The second kappa shape index (κ2) is 14.1. The Morgan fingerprint density at radius 2 is 2.04 bits per heavy atom. The molecule has 0 amide bonds. The number of guanidine groups is 1. The molecule has 1 saturated heterocycles. The molecule has 1 unspecified atom stereocenters. The standard InChI is InChI=1S/C19H31N3O3.HI/c1-16-6-3-4-7-18(16)25-13-10-22-19(20-2)21-9-5-11-23-14-17-8-12-24-15-17;/h3-4,6-7,17H,5,8-15H2,1-2H3,(H2,20,21,22);1H. The topological polar surface area (TPSA) is 64.1 Å². The van der Waals surface area contributed by atoms with E-state index in [-0.39, 0.29) is 24.0 Å². The van der Waals surface area contributed by atoms with E-state index in [9.17, 15) is 0 Å². The van der Waals surface area contributed by atoms with Crippen molar-refractivity contribution in [3.8, 4) is 5.75 Å². The van der Waals surface area contributed by atoms with Crippen molar-refractivity contribution in [3.63, 3.8) is 0 Å².